The molecule has 3 rings (SSSR count). The number of nitrogens with two attached hydrogens (primary N) is 1. The van der Waals surface area contributed by atoms with Crippen molar-refractivity contribution in [2.75, 3.05) is 6.54 Å². The molecule has 2 heterocycles. The number of benzene rings is 1. The average molecular weight is 255 g/mol. The van der Waals surface area contributed by atoms with Gasteiger partial charge in [0.25, 0.3) is 0 Å². The molecule has 2 aromatic heterocycles. The molecule has 0 radical (unpaired) electrons. The zero-order valence-electron chi connectivity index (χ0n) is 11.0. The van der Waals surface area contributed by atoms with Crippen LogP contribution in [0.2, 0.25) is 0 Å². The Bertz CT molecular complexity index is 695. The molecule has 0 unspecified atom stereocenters. The Hall–Kier alpha value is -2.14. The molecule has 0 atom stereocenters. The number of rotatable bonds is 4. The fraction of sp³-hybridized carbons (Fsp3) is 0.286. The average Bonchev–Trinajstić information content (AvgIpc) is 2.99. The van der Waals surface area contributed by atoms with Crippen LogP contribution in [0.25, 0.3) is 10.9 Å². The smallest absolute Gasteiger partial charge is 0.102 e. The summed E-state index contributed by atoms with van der Waals surface area (Å²) in [4.78, 5) is 0. The first-order valence-electron chi connectivity index (χ1n) is 6.40. The van der Waals surface area contributed by atoms with Crippen LogP contribution in [0.1, 0.15) is 11.3 Å². The Labute approximate surface area is 111 Å². The zero-order chi connectivity index (χ0) is 13.2. The highest BCUT2D eigenvalue weighted by atomic mass is 15.4. The molecule has 0 fully saturated rings. The van der Waals surface area contributed by atoms with Crippen molar-refractivity contribution in [2.45, 2.75) is 13.0 Å². The molecule has 19 heavy (non-hydrogen) atoms. The molecule has 0 spiro atoms. The summed E-state index contributed by atoms with van der Waals surface area (Å²) >= 11 is 0. The van der Waals surface area contributed by atoms with Gasteiger partial charge < -0.3 is 10.3 Å². The molecule has 3 aromatic rings. The van der Waals surface area contributed by atoms with E-state index in [0.717, 1.165) is 18.7 Å². The highest BCUT2D eigenvalue weighted by Gasteiger charge is 2.07. The molecule has 0 bridgehead atoms. The van der Waals surface area contributed by atoms with Crippen molar-refractivity contribution < 1.29 is 0 Å². The Morgan fingerprint density at radius 3 is 2.89 bits per heavy atom. The summed E-state index contributed by atoms with van der Waals surface area (Å²) < 4.78 is 3.92. The zero-order valence-corrected chi connectivity index (χ0v) is 11.0. The van der Waals surface area contributed by atoms with Crippen molar-refractivity contribution in [3.8, 4) is 0 Å². The summed E-state index contributed by atoms with van der Waals surface area (Å²) in [5, 5.41) is 9.36. The monoisotopic (exact) mass is 255 g/mol. The Balaban J connectivity index is 1.98. The first-order chi connectivity index (χ1) is 9.28. The second-order valence-electron chi connectivity index (χ2n) is 4.72. The third kappa shape index (κ3) is 2.24. The lowest BCUT2D eigenvalue weighted by Crippen LogP contribution is -2.03. The van der Waals surface area contributed by atoms with E-state index in [0.29, 0.717) is 6.54 Å². The van der Waals surface area contributed by atoms with E-state index in [2.05, 4.69) is 45.3 Å². The molecule has 1 aromatic carbocycles. The fourth-order valence-electron chi connectivity index (χ4n) is 2.44. The standard InChI is InChI=1S/C14H17N5/c1-18-9-12(16-17-18)10-19-8-6-13-11(5-7-15)3-2-4-14(13)19/h2-4,6,8-9H,5,7,10,15H2,1H3. The summed E-state index contributed by atoms with van der Waals surface area (Å²) in [5.74, 6) is 0. The minimum atomic E-state index is 0.675. The second kappa shape index (κ2) is 4.85. The molecule has 0 aliphatic rings. The largest absolute Gasteiger partial charge is 0.341 e. The SMILES string of the molecule is Cn1cc(Cn2ccc3c(CCN)cccc32)nn1. The summed E-state index contributed by atoms with van der Waals surface area (Å²) in [5.41, 5.74) is 9.14. The first-order valence-corrected chi connectivity index (χ1v) is 6.40. The van der Waals surface area contributed by atoms with Gasteiger partial charge in [0.05, 0.1) is 6.54 Å². The van der Waals surface area contributed by atoms with E-state index < -0.39 is 0 Å². The number of fused-ring (bicyclic) bond motifs is 1. The van der Waals surface area contributed by atoms with Gasteiger partial charge >= 0.3 is 0 Å². The van der Waals surface area contributed by atoms with Gasteiger partial charge in [-0.25, -0.2) is 0 Å². The molecule has 0 saturated carbocycles. The van der Waals surface area contributed by atoms with E-state index in [1.807, 2.05) is 13.2 Å². The van der Waals surface area contributed by atoms with E-state index in [1.54, 1.807) is 4.68 Å². The van der Waals surface area contributed by atoms with E-state index in [4.69, 9.17) is 5.73 Å². The van der Waals surface area contributed by atoms with Crippen molar-refractivity contribution in [1.29, 1.82) is 0 Å². The Kier molecular flexibility index (Phi) is 3.05. The van der Waals surface area contributed by atoms with Gasteiger partial charge in [0.2, 0.25) is 0 Å². The van der Waals surface area contributed by atoms with Crippen LogP contribution < -0.4 is 5.73 Å². The second-order valence-corrected chi connectivity index (χ2v) is 4.72. The lowest BCUT2D eigenvalue weighted by atomic mass is 10.1. The maximum atomic E-state index is 5.66. The third-order valence-electron chi connectivity index (χ3n) is 3.30. The molecule has 2 N–H and O–H groups in total. The van der Waals surface area contributed by atoms with Gasteiger partial charge in [-0.15, -0.1) is 5.10 Å². The highest BCUT2D eigenvalue weighted by molar-refractivity contribution is 5.83. The highest BCUT2D eigenvalue weighted by Crippen LogP contribution is 2.21. The van der Waals surface area contributed by atoms with Gasteiger partial charge in [-0.3, -0.25) is 4.68 Å². The van der Waals surface area contributed by atoms with Crippen LogP contribution in [-0.2, 0) is 20.0 Å². The molecular formula is C14H17N5. The van der Waals surface area contributed by atoms with Gasteiger partial charge in [-0.2, -0.15) is 0 Å². The normalized spacial score (nSPS) is 11.3. The molecule has 0 saturated heterocycles. The Morgan fingerprint density at radius 2 is 2.16 bits per heavy atom. The lowest BCUT2D eigenvalue weighted by molar-refractivity contribution is 0.711. The molecule has 0 aliphatic heterocycles. The molecule has 0 aliphatic carbocycles. The van der Waals surface area contributed by atoms with E-state index in [9.17, 15) is 0 Å². The molecular weight excluding hydrogens is 238 g/mol. The van der Waals surface area contributed by atoms with Gasteiger partial charge in [-0.1, -0.05) is 17.3 Å². The van der Waals surface area contributed by atoms with Crippen LogP contribution in [0, 0.1) is 0 Å². The quantitative estimate of drug-likeness (QED) is 0.764. The van der Waals surface area contributed by atoms with Crippen molar-refractivity contribution in [1.82, 2.24) is 19.6 Å². The van der Waals surface area contributed by atoms with Crippen molar-refractivity contribution in [2.24, 2.45) is 12.8 Å². The number of nitrogens with zero attached hydrogens (tertiary/aromatic N) is 4. The maximum Gasteiger partial charge on any atom is 0.102 e. The van der Waals surface area contributed by atoms with Gasteiger partial charge in [0.15, 0.2) is 0 Å². The summed E-state index contributed by atoms with van der Waals surface area (Å²) in [6.07, 6.45) is 4.95. The topological polar surface area (TPSA) is 61.7 Å². The van der Waals surface area contributed by atoms with Crippen LogP contribution in [0.15, 0.2) is 36.7 Å². The van der Waals surface area contributed by atoms with Crippen molar-refractivity contribution in [3.05, 3.63) is 47.9 Å². The minimum Gasteiger partial charge on any atom is -0.341 e. The summed E-state index contributed by atoms with van der Waals surface area (Å²) in [7, 11) is 1.88. The van der Waals surface area contributed by atoms with E-state index >= 15 is 0 Å². The van der Waals surface area contributed by atoms with Gasteiger partial charge in [0.1, 0.15) is 5.69 Å². The lowest BCUT2D eigenvalue weighted by Gasteiger charge is -2.05. The predicted octanol–water partition coefficient (Wildman–Crippen LogP) is 1.32. The van der Waals surface area contributed by atoms with Crippen LogP contribution in [-0.4, -0.2) is 26.1 Å². The Morgan fingerprint density at radius 1 is 1.26 bits per heavy atom. The predicted molar refractivity (Wildman–Crippen MR) is 74.8 cm³/mol. The number of hydrogen-bond acceptors (Lipinski definition) is 3. The molecule has 98 valence electrons. The van der Waals surface area contributed by atoms with Gasteiger partial charge in [-0.05, 0) is 30.7 Å². The van der Waals surface area contributed by atoms with Crippen molar-refractivity contribution in [3.63, 3.8) is 0 Å². The van der Waals surface area contributed by atoms with Crippen LogP contribution >= 0.6 is 0 Å². The first kappa shape index (κ1) is 11.9. The fourth-order valence-corrected chi connectivity index (χ4v) is 2.44. The van der Waals surface area contributed by atoms with Crippen molar-refractivity contribution >= 4 is 10.9 Å². The van der Waals surface area contributed by atoms with Crippen LogP contribution in [0.5, 0.6) is 0 Å². The summed E-state index contributed by atoms with van der Waals surface area (Å²) in [6, 6.07) is 8.50. The molecule has 5 heteroatoms. The summed E-state index contributed by atoms with van der Waals surface area (Å²) in [6.45, 7) is 1.41. The molecule has 0 amide bonds. The third-order valence-corrected chi connectivity index (χ3v) is 3.30. The minimum absolute atomic E-state index is 0.675. The number of hydrogen-bond donors (Lipinski definition) is 1. The van der Waals surface area contributed by atoms with E-state index in [-0.39, 0.29) is 0 Å². The van der Waals surface area contributed by atoms with Crippen LogP contribution in [0.4, 0.5) is 0 Å². The van der Waals surface area contributed by atoms with Gasteiger partial charge in [0, 0.05) is 30.3 Å². The number of aromatic nitrogens is 4. The number of aryl methyl sites for hydroxylation is 1. The van der Waals surface area contributed by atoms with E-state index in [1.165, 1.54) is 16.5 Å². The maximum absolute atomic E-state index is 5.66. The van der Waals surface area contributed by atoms with Crippen LogP contribution in [0.3, 0.4) is 0 Å². The molecule has 5 nitrogen and oxygen atoms in total.